The summed E-state index contributed by atoms with van der Waals surface area (Å²) >= 11 is 0. The van der Waals surface area contributed by atoms with Gasteiger partial charge in [-0.25, -0.2) is 4.98 Å². The molecule has 0 saturated heterocycles. The number of hydrogen-bond donors (Lipinski definition) is 2. The molecule has 0 radical (unpaired) electrons. The van der Waals surface area contributed by atoms with Crippen molar-refractivity contribution in [3.63, 3.8) is 0 Å². The highest BCUT2D eigenvalue weighted by molar-refractivity contribution is 5.87. The number of pyridine rings is 1. The molecule has 1 aromatic rings. The maximum atomic E-state index is 10.7. The highest BCUT2D eigenvalue weighted by Gasteiger charge is 1.96. The van der Waals surface area contributed by atoms with Crippen LogP contribution in [0.1, 0.15) is 26.3 Å². The van der Waals surface area contributed by atoms with Gasteiger partial charge in [0, 0.05) is 19.7 Å². The van der Waals surface area contributed by atoms with E-state index in [-0.39, 0.29) is 5.91 Å². The van der Waals surface area contributed by atoms with Crippen LogP contribution in [0.25, 0.3) is 0 Å². The smallest absolute Gasteiger partial charge is 0.222 e. The van der Waals surface area contributed by atoms with E-state index in [1.807, 2.05) is 27.0 Å². The van der Waals surface area contributed by atoms with E-state index in [1.165, 1.54) is 6.92 Å². The molecule has 0 aliphatic rings. The van der Waals surface area contributed by atoms with Gasteiger partial charge in [0.1, 0.15) is 5.82 Å². The Labute approximate surface area is 91.1 Å². The van der Waals surface area contributed by atoms with Crippen molar-refractivity contribution in [3.05, 3.63) is 23.9 Å². The van der Waals surface area contributed by atoms with Gasteiger partial charge in [0.15, 0.2) is 0 Å². The third-order valence-electron chi connectivity index (χ3n) is 1.51. The molecule has 0 saturated carbocycles. The maximum absolute atomic E-state index is 10.7. The van der Waals surface area contributed by atoms with Crippen LogP contribution < -0.4 is 10.6 Å². The van der Waals surface area contributed by atoms with E-state index in [1.54, 1.807) is 12.3 Å². The second-order valence-corrected chi connectivity index (χ2v) is 2.76. The van der Waals surface area contributed by atoms with E-state index in [0.717, 1.165) is 12.1 Å². The van der Waals surface area contributed by atoms with Gasteiger partial charge in [-0.05, 0) is 18.7 Å². The zero-order valence-electron chi connectivity index (χ0n) is 9.79. The van der Waals surface area contributed by atoms with E-state index in [2.05, 4.69) is 15.6 Å². The van der Waals surface area contributed by atoms with Gasteiger partial charge in [-0.3, -0.25) is 4.79 Å². The maximum Gasteiger partial charge on any atom is 0.222 e. The van der Waals surface area contributed by atoms with E-state index in [0.29, 0.717) is 5.82 Å². The number of hydrogen-bond acceptors (Lipinski definition) is 3. The Kier molecular flexibility index (Phi) is 7.18. The molecule has 0 aromatic carbocycles. The lowest BCUT2D eigenvalue weighted by atomic mass is 10.3. The first-order chi connectivity index (χ1) is 7.22. The van der Waals surface area contributed by atoms with E-state index < -0.39 is 0 Å². The molecular formula is C11H19N3O. The standard InChI is InChI=1S/C9H13N3O.C2H6/c1-7(13)12-9-4-3-8(5-10-2)6-11-9;1-2/h3-4,6,10H,5H2,1-2H3,(H,11,12,13);1-2H3. The predicted molar refractivity (Wildman–Crippen MR) is 62.7 cm³/mol. The number of nitrogens with one attached hydrogen (secondary N) is 2. The minimum Gasteiger partial charge on any atom is -0.316 e. The van der Waals surface area contributed by atoms with Gasteiger partial charge < -0.3 is 10.6 Å². The van der Waals surface area contributed by atoms with Crippen LogP contribution in [0.15, 0.2) is 18.3 Å². The minimum atomic E-state index is -0.103. The molecule has 0 atom stereocenters. The molecule has 1 heterocycles. The Hall–Kier alpha value is -1.42. The molecular weight excluding hydrogens is 190 g/mol. The SMILES string of the molecule is CC.CNCc1ccc(NC(C)=O)nc1. The summed E-state index contributed by atoms with van der Waals surface area (Å²) in [7, 11) is 1.88. The second kappa shape index (κ2) is 7.94. The van der Waals surface area contributed by atoms with Crippen molar-refractivity contribution in [2.24, 2.45) is 0 Å². The van der Waals surface area contributed by atoms with Gasteiger partial charge in [0.25, 0.3) is 0 Å². The van der Waals surface area contributed by atoms with Gasteiger partial charge in [0.2, 0.25) is 5.91 Å². The van der Waals surface area contributed by atoms with Crippen LogP contribution in [0.4, 0.5) is 5.82 Å². The monoisotopic (exact) mass is 209 g/mol. The normalized spacial score (nSPS) is 8.80. The van der Waals surface area contributed by atoms with Crippen LogP contribution in [-0.2, 0) is 11.3 Å². The molecule has 0 spiro atoms. The van der Waals surface area contributed by atoms with Crippen molar-refractivity contribution in [1.82, 2.24) is 10.3 Å². The van der Waals surface area contributed by atoms with Crippen molar-refractivity contribution in [2.45, 2.75) is 27.3 Å². The summed E-state index contributed by atoms with van der Waals surface area (Å²) in [6, 6.07) is 3.71. The molecule has 1 aromatic heterocycles. The summed E-state index contributed by atoms with van der Waals surface area (Å²) in [5, 5.41) is 5.62. The van der Waals surface area contributed by atoms with Crippen molar-refractivity contribution < 1.29 is 4.79 Å². The second-order valence-electron chi connectivity index (χ2n) is 2.76. The third-order valence-corrected chi connectivity index (χ3v) is 1.51. The fraction of sp³-hybridized carbons (Fsp3) is 0.455. The van der Waals surface area contributed by atoms with Gasteiger partial charge >= 0.3 is 0 Å². The molecule has 2 N–H and O–H groups in total. The highest BCUT2D eigenvalue weighted by atomic mass is 16.1. The van der Waals surface area contributed by atoms with Gasteiger partial charge in [-0.15, -0.1) is 0 Å². The van der Waals surface area contributed by atoms with Crippen molar-refractivity contribution in [2.75, 3.05) is 12.4 Å². The first kappa shape index (κ1) is 13.6. The predicted octanol–water partition coefficient (Wildman–Crippen LogP) is 1.79. The van der Waals surface area contributed by atoms with Crippen LogP contribution in [0.5, 0.6) is 0 Å². The summed E-state index contributed by atoms with van der Waals surface area (Å²) in [4.78, 5) is 14.7. The Morgan fingerprint density at radius 1 is 1.40 bits per heavy atom. The Balaban J connectivity index is 0.000000921. The van der Waals surface area contributed by atoms with Crippen molar-refractivity contribution >= 4 is 11.7 Å². The molecule has 1 amide bonds. The number of anilines is 1. The lowest BCUT2D eigenvalue weighted by Crippen LogP contribution is -2.09. The number of aromatic nitrogens is 1. The van der Waals surface area contributed by atoms with E-state index >= 15 is 0 Å². The van der Waals surface area contributed by atoms with Crippen LogP contribution in [0.2, 0.25) is 0 Å². The lowest BCUT2D eigenvalue weighted by Gasteiger charge is -2.02. The number of carbonyl (C=O) groups is 1. The molecule has 0 aliphatic heterocycles. The Morgan fingerprint density at radius 2 is 2.07 bits per heavy atom. The zero-order valence-corrected chi connectivity index (χ0v) is 9.79. The summed E-state index contributed by atoms with van der Waals surface area (Å²) in [6.07, 6.45) is 1.74. The van der Waals surface area contributed by atoms with Gasteiger partial charge in [0.05, 0.1) is 0 Å². The first-order valence-corrected chi connectivity index (χ1v) is 5.09. The Morgan fingerprint density at radius 3 is 2.47 bits per heavy atom. The summed E-state index contributed by atoms with van der Waals surface area (Å²) in [5.74, 6) is 0.487. The quantitative estimate of drug-likeness (QED) is 0.798. The summed E-state index contributed by atoms with van der Waals surface area (Å²) in [6.45, 7) is 6.25. The topological polar surface area (TPSA) is 54.0 Å². The molecule has 0 fully saturated rings. The molecule has 1 rings (SSSR count). The number of rotatable bonds is 3. The van der Waals surface area contributed by atoms with Gasteiger partial charge in [-0.1, -0.05) is 19.9 Å². The lowest BCUT2D eigenvalue weighted by molar-refractivity contribution is -0.114. The van der Waals surface area contributed by atoms with Crippen LogP contribution in [-0.4, -0.2) is 17.9 Å². The molecule has 84 valence electrons. The molecule has 4 heteroatoms. The zero-order chi connectivity index (χ0) is 11.7. The first-order valence-electron chi connectivity index (χ1n) is 5.09. The fourth-order valence-corrected chi connectivity index (χ4v) is 0.987. The largest absolute Gasteiger partial charge is 0.316 e. The average Bonchev–Trinajstić information content (AvgIpc) is 2.24. The number of nitrogens with zero attached hydrogens (tertiary/aromatic N) is 1. The number of carbonyl (C=O) groups excluding carboxylic acids is 1. The molecule has 0 bridgehead atoms. The Bertz CT molecular complexity index is 282. The van der Waals surface area contributed by atoms with Crippen LogP contribution in [0, 0.1) is 0 Å². The molecule has 15 heavy (non-hydrogen) atoms. The molecule has 0 aliphatic carbocycles. The van der Waals surface area contributed by atoms with Crippen molar-refractivity contribution in [1.29, 1.82) is 0 Å². The summed E-state index contributed by atoms with van der Waals surface area (Å²) in [5.41, 5.74) is 1.09. The molecule has 0 unspecified atom stereocenters. The van der Waals surface area contributed by atoms with Crippen molar-refractivity contribution in [3.8, 4) is 0 Å². The van der Waals surface area contributed by atoms with Crippen LogP contribution in [0.3, 0.4) is 0 Å². The average molecular weight is 209 g/mol. The van der Waals surface area contributed by atoms with Crippen LogP contribution >= 0.6 is 0 Å². The third kappa shape index (κ3) is 5.80. The highest BCUT2D eigenvalue weighted by Crippen LogP contribution is 2.04. The van der Waals surface area contributed by atoms with E-state index in [4.69, 9.17) is 0 Å². The fourth-order valence-electron chi connectivity index (χ4n) is 0.987. The molecule has 4 nitrogen and oxygen atoms in total. The minimum absolute atomic E-state index is 0.103. The summed E-state index contributed by atoms with van der Waals surface area (Å²) < 4.78 is 0. The van der Waals surface area contributed by atoms with E-state index in [9.17, 15) is 4.79 Å². The van der Waals surface area contributed by atoms with Gasteiger partial charge in [-0.2, -0.15) is 0 Å². The number of amides is 1.